The van der Waals surface area contributed by atoms with Crippen LogP contribution in [0.4, 0.5) is 0 Å². The van der Waals surface area contributed by atoms with Gasteiger partial charge >= 0.3 is 0 Å². The summed E-state index contributed by atoms with van der Waals surface area (Å²) in [5.41, 5.74) is 0.970. The molecule has 0 radical (unpaired) electrons. The predicted molar refractivity (Wildman–Crippen MR) is 102 cm³/mol. The molecule has 6 heteroatoms. The van der Waals surface area contributed by atoms with Gasteiger partial charge in [-0.05, 0) is 50.8 Å². The SMILES string of the molecule is CC(Oc1cccc(Cl)c1)C(=O)NCC(c1ccccc1Cl)N(C)C. The van der Waals surface area contributed by atoms with Gasteiger partial charge in [0.05, 0.1) is 6.04 Å². The molecule has 0 bridgehead atoms. The van der Waals surface area contributed by atoms with E-state index in [4.69, 9.17) is 27.9 Å². The average molecular weight is 381 g/mol. The van der Waals surface area contributed by atoms with Crippen LogP contribution in [-0.4, -0.2) is 37.6 Å². The Balaban J connectivity index is 1.98. The molecule has 0 aliphatic rings. The summed E-state index contributed by atoms with van der Waals surface area (Å²) in [5, 5.41) is 4.17. The second kappa shape index (κ2) is 9.09. The molecule has 0 saturated carbocycles. The summed E-state index contributed by atoms with van der Waals surface area (Å²) in [6.45, 7) is 2.13. The lowest BCUT2D eigenvalue weighted by Gasteiger charge is -2.26. The Bertz CT molecular complexity index is 722. The number of rotatable bonds is 7. The highest BCUT2D eigenvalue weighted by molar-refractivity contribution is 6.31. The number of hydrogen-bond donors (Lipinski definition) is 1. The summed E-state index contributed by atoms with van der Waals surface area (Å²) in [5.74, 6) is 0.365. The highest BCUT2D eigenvalue weighted by Crippen LogP contribution is 2.25. The maximum Gasteiger partial charge on any atom is 0.260 e. The van der Waals surface area contributed by atoms with Gasteiger partial charge in [0, 0.05) is 16.6 Å². The zero-order valence-electron chi connectivity index (χ0n) is 14.5. The average Bonchev–Trinajstić information content (AvgIpc) is 2.56. The number of carbonyl (C=O) groups excluding carboxylic acids is 1. The highest BCUT2D eigenvalue weighted by Gasteiger charge is 2.20. The van der Waals surface area contributed by atoms with Gasteiger partial charge in [-0.1, -0.05) is 47.5 Å². The largest absolute Gasteiger partial charge is 0.481 e. The molecule has 2 atom stereocenters. The predicted octanol–water partition coefficient (Wildman–Crippen LogP) is 4.18. The smallest absolute Gasteiger partial charge is 0.260 e. The topological polar surface area (TPSA) is 41.6 Å². The maximum absolute atomic E-state index is 12.4. The molecule has 0 spiro atoms. The fourth-order valence-electron chi connectivity index (χ4n) is 2.45. The number of nitrogens with zero attached hydrogens (tertiary/aromatic N) is 1. The van der Waals surface area contributed by atoms with Crippen molar-refractivity contribution in [1.82, 2.24) is 10.2 Å². The summed E-state index contributed by atoms with van der Waals surface area (Å²) in [6.07, 6.45) is -0.632. The molecule has 25 heavy (non-hydrogen) atoms. The van der Waals surface area contributed by atoms with Gasteiger partial charge in [-0.25, -0.2) is 0 Å². The quantitative estimate of drug-likeness (QED) is 0.783. The van der Waals surface area contributed by atoms with Gasteiger partial charge in [-0.3, -0.25) is 4.79 Å². The molecule has 0 aromatic heterocycles. The van der Waals surface area contributed by atoms with Gasteiger partial charge in [0.25, 0.3) is 5.91 Å². The summed E-state index contributed by atoms with van der Waals surface area (Å²) >= 11 is 12.2. The molecular formula is C19H22Cl2N2O2. The van der Waals surface area contributed by atoms with Crippen molar-refractivity contribution >= 4 is 29.1 Å². The Morgan fingerprint density at radius 2 is 1.88 bits per heavy atom. The van der Waals surface area contributed by atoms with Crippen LogP contribution in [0.3, 0.4) is 0 Å². The Labute approximate surface area is 158 Å². The Hall–Kier alpha value is -1.75. The fourth-order valence-corrected chi connectivity index (χ4v) is 2.90. The van der Waals surface area contributed by atoms with E-state index in [0.717, 1.165) is 5.56 Å². The van der Waals surface area contributed by atoms with E-state index in [9.17, 15) is 4.79 Å². The first-order chi connectivity index (χ1) is 11.9. The molecule has 134 valence electrons. The normalized spacial score (nSPS) is 13.4. The van der Waals surface area contributed by atoms with Crippen molar-refractivity contribution in [3.63, 3.8) is 0 Å². The molecule has 0 saturated heterocycles. The lowest BCUT2D eigenvalue weighted by molar-refractivity contribution is -0.127. The summed E-state index contributed by atoms with van der Waals surface area (Å²) in [7, 11) is 3.90. The van der Waals surface area contributed by atoms with E-state index in [1.165, 1.54) is 0 Å². The molecule has 2 rings (SSSR count). The number of amides is 1. The van der Waals surface area contributed by atoms with Crippen LogP contribution in [0.1, 0.15) is 18.5 Å². The van der Waals surface area contributed by atoms with Crippen LogP contribution in [0.25, 0.3) is 0 Å². The molecule has 0 fully saturated rings. The molecule has 1 N–H and O–H groups in total. The zero-order valence-corrected chi connectivity index (χ0v) is 16.0. The van der Waals surface area contributed by atoms with Crippen molar-refractivity contribution < 1.29 is 9.53 Å². The molecule has 2 unspecified atom stereocenters. The van der Waals surface area contributed by atoms with Crippen molar-refractivity contribution in [2.24, 2.45) is 0 Å². The van der Waals surface area contributed by atoms with Crippen molar-refractivity contribution in [3.05, 3.63) is 64.1 Å². The van der Waals surface area contributed by atoms with Crippen LogP contribution >= 0.6 is 23.2 Å². The van der Waals surface area contributed by atoms with Gasteiger partial charge < -0.3 is 15.0 Å². The van der Waals surface area contributed by atoms with Crippen LogP contribution in [-0.2, 0) is 4.79 Å². The van der Waals surface area contributed by atoms with E-state index >= 15 is 0 Å². The third-order valence-electron chi connectivity index (χ3n) is 3.84. The third-order valence-corrected chi connectivity index (χ3v) is 4.41. The molecule has 0 aliphatic carbocycles. The van der Waals surface area contributed by atoms with Crippen molar-refractivity contribution in [2.45, 2.75) is 19.1 Å². The van der Waals surface area contributed by atoms with Crippen LogP contribution in [0.5, 0.6) is 5.75 Å². The van der Waals surface area contributed by atoms with Gasteiger partial charge in [0.15, 0.2) is 6.10 Å². The Morgan fingerprint density at radius 1 is 1.16 bits per heavy atom. The standard InChI is InChI=1S/C19H22Cl2N2O2/c1-13(25-15-8-6-7-14(20)11-15)19(24)22-12-18(23(2)3)16-9-4-5-10-17(16)21/h4-11,13,18H,12H2,1-3H3,(H,22,24). The summed E-state index contributed by atoms with van der Waals surface area (Å²) in [4.78, 5) is 14.4. The van der Waals surface area contributed by atoms with E-state index in [1.807, 2.05) is 43.3 Å². The lowest BCUT2D eigenvalue weighted by atomic mass is 10.1. The van der Waals surface area contributed by atoms with E-state index in [0.29, 0.717) is 22.3 Å². The third kappa shape index (κ3) is 5.63. The van der Waals surface area contributed by atoms with Crippen LogP contribution in [0.2, 0.25) is 10.0 Å². The van der Waals surface area contributed by atoms with Gasteiger partial charge in [-0.2, -0.15) is 0 Å². The highest BCUT2D eigenvalue weighted by atomic mass is 35.5. The monoisotopic (exact) mass is 380 g/mol. The van der Waals surface area contributed by atoms with E-state index < -0.39 is 6.10 Å². The fraction of sp³-hybridized carbons (Fsp3) is 0.316. The Morgan fingerprint density at radius 3 is 2.52 bits per heavy atom. The first-order valence-corrected chi connectivity index (χ1v) is 8.75. The minimum Gasteiger partial charge on any atom is -0.481 e. The van der Waals surface area contributed by atoms with Gasteiger partial charge in [-0.15, -0.1) is 0 Å². The molecule has 1 amide bonds. The number of carbonyl (C=O) groups is 1. The van der Waals surface area contributed by atoms with E-state index in [1.54, 1.807) is 31.2 Å². The number of hydrogen-bond acceptors (Lipinski definition) is 3. The molecule has 2 aromatic rings. The van der Waals surface area contributed by atoms with E-state index in [2.05, 4.69) is 5.32 Å². The summed E-state index contributed by atoms with van der Waals surface area (Å²) in [6, 6.07) is 14.6. The van der Waals surface area contributed by atoms with Crippen LogP contribution in [0.15, 0.2) is 48.5 Å². The number of nitrogens with one attached hydrogen (secondary N) is 1. The minimum absolute atomic E-state index is 0.0315. The Kier molecular flexibility index (Phi) is 7.12. The number of ether oxygens (including phenoxy) is 1. The second-order valence-electron chi connectivity index (χ2n) is 5.96. The summed E-state index contributed by atoms with van der Waals surface area (Å²) < 4.78 is 5.64. The zero-order chi connectivity index (χ0) is 18.4. The minimum atomic E-state index is -0.632. The van der Waals surface area contributed by atoms with Gasteiger partial charge in [0.1, 0.15) is 5.75 Å². The van der Waals surface area contributed by atoms with Crippen molar-refractivity contribution in [2.75, 3.05) is 20.6 Å². The van der Waals surface area contributed by atoms with Crippen molar-refractivity contribution in [1.29, 1.82) is 0 Å². The molecule has 0 aliphatic heterocycles. The van der Waals surface area contributed by atoms with Crippen LogP contribution in [0, 0.1) is 0 Å². The van der Waals surface area contributed by atoms with Gasteiger partial charge in [0.2, 0.25) is 0 Å². The van der Waals surface area contributed by atoms with E-state index in [-0.39, 0.29) is 11.9 Å². The number of halogens is 2. The molecule has 0 heterocycles. The number of likely N-dealkylation sites (N-methyl/N-ethyl adjacent to an activating group) is 1. The molecule has 4 nitrogen and oxygen atoms in total. The molecular weight excluding hydrogens is 359 g/mol. The molecule has 2 aromatic carbocycles. The maximum atomic E-state index is 12.4. The van der Waals surface area contributed by atoms with Crippen molar-refractivity contribution in [3.8, 4) is 5.75 Å². The second-order valence-corrected chi connectivity index (χ2v) is 6.81. The van der Waals surface area contributed by atoms with Crippen LogP contribution < -0.4 is 10.1 Å². The number of benzene rings is 2. The lowest BCUT2D eigenvalue weighted by Crippen LogP contribution is -2.41. The first kappa shape index (κ1) is 19.6. The first-order valence-electron chi connectivity index (χ1n) is 7.99.